The molecule has 0 spiro atoms. The number of aryl methyl sites for hydroxylation is 1. The number of rotatable bonds is 5. The standard InChI is InChI=1S/C25H24ClN5O2S2/c1-16-27-21-15-19(30-13-2-3-14-30)11-12-20(21)24(32)31(16)18-9-7-17(8-10-18)28-25(33)29-35-23-6-4-5-22(26)34-23/h5-12,15H,2-4,13-14H2,1H3,(H2,28,29,33). The van der Waals surface area contributed by atoms with Crippen molar-refractivity contribution in [1.29, 1.82) is 0 Å². The van der Waals surface area contributed by atoms with Crippen LogP contribution in [-0.2, 0) is 0 Å². The summed E-state index contributed by atoms with van der Waals surface area (Å²) in [5.41, 5.74) is 3.02. The number of carbonyl (C=O) groups excluding carboxylic acids is 1. The predicted molar refractivity (Wildman–Crippen MR) is 147 cm³/mol. The van der Waals surface area contributed by atoms with Crippen molar-refractivity contribution in [2.45, 2.75) is 26.2 Å². The van der Waals surface area contributed by atoms with E-state index in [2.05, 4.69) is 14.9 Å². The van der Waals surface area contributed by atoms with E-state index < -0.39 is 0 Å². The molecule has 35 heavy (non-hydrogen) atoms. The van der Waals surface area contributed by atoms with Crippen LogP contribution in [0, 0.1) is 6.92 Å². The highest BCUT2D eigenvalue weighted by Crippen LogP contribution is 2.38. The predicted octanol–water partition coefficient (Wildman–Crippen LogP) is 6.12. The number of halogens is 1. The number of anilines is 2. The van der Waals surface area contributed by atoms with Crippen LogP contribution >= 0.6 is 35.3 Å². The second-order valence-corrected chi connectivity index (χ2v) is 11.1. The Labute approximate surface area is 216 Å². The van der Waals surface area contributed by atoms with Gasteiger partial charge in [0.05, 0.1) is 25.2 Å². The van der Waals surface area contributed by atoms with E-state index >= 15 is 0 Å². The second kappa shape index (κ2) is 10.4. The largest absolute Gasteiger partial charge is 0.371 e. The SMILES string of the molecule is Cc1nc2cc(N3CCCC3)ccc2c(=O)n1-c1ccc(NC(=O)NSC2=CCC=C(Cl)S2)cc1. The summed E-state index contributed by atoms with van der Waals surface area (Å²) < 4.78 is 5.98. The van der Waals surface area contributed by atoms with Crippen molar-refractivity contribution in [2.24, 2.45) is 0 Å². The number of aromatic nitrogens is 2. The fourth-order valence-electron chi connectivity index (χ4n) is 4.20. The topological polar surface area (TPSA) is 79.3 Å². The Morgan fingerprint density at radius 2 is 1.83 bits per heavy atom. The van der Waals surface area contributed by atoms with Gasteiger partial charge >= 0.3 is 6.03 Å². The minimum atomic E-state index is -0.343. The summed E-state index contributed by atoms with van der Waals surface area (Å²) in [5, 5.41) is 3.39. The van der Waals surface area contributed by atoms with Crippen molar-refractivity contribution in [3.8, 4) is 5.69 Å². The van der Waals surface area contributed by atoms with Gasteiger partial charge in [-0.3, -0.25) is 14.1 Å². The van der Waals surface area contributed by atoms with E-state index in [-0.39, 0.29) is 11.6 Å². The summed E-state index contributed by atoms with van der Waals surface area (Å²) in [6.45, 7) is 3.92. The molecule has 0 atom stereocenters. The molecule has 2 amide bonds. The quantitative estimate of drug-likeness (QED) is 0.390. The van der Waals surface area contributed by atoms with Crippen LogP contribution in [0.15, 0.2) is 68.0 Å². The van der Waals surface area contributed by atoms with E-state index in [0.717, 1.165) is 29.4 Å². The van der Waals surface area contributed by atoms with E-state index in [9.17, 15) is 9.59 Å². The Bertz CT molecular complexity index is 1400. The molecule has 1 aromatic heterocycles. The Hall–Kier alpha value is -2.88. The number of allylic oxidation sites excluding steroid dienone is 2. The summed E-state index contributed by atoms with van der Waals surface area (Å²) in [6, 6.07) is 12.7. The van der Waals surface area contributed by atoms with Gasteiger partial charge in [0.25, 0.3) is 5.56 Å². The van der Waals surface area contributed by atoms with E-state index in [0.29, 0.717) is 32.5 Å². The molecule has 0 radical (unpaired) electrons. The molecule has 2 aliphatic rings. The van der Waals surface area contributed by atoms with Gasteiger partial charge in [-0.05, 0) is 80.6 Å². The number of hydrogen-bond donors (Lipinski definition) is 2. The maximum absolute atomic E-state index is 13.3. The lowest BCUT2D eigenvalue weighted by Crippen LogP contribution is -2.24. The normalized spacial score (nSPS) is 15.7. The zero-order valence-electron chi connectivity index (χ0n) is 19.1. The molecule has 3 aromatic rings. The Balaban J connectivity index is 1.30. The van der Waals surface area contributed by atoms with E-state index in [1.54, 1.807) is 28.8 Å². The van der Waals surface area contributed by atoms with Crippen molar-refractivity contribution in [3.05, 3.63) is 79.4 Å². The van der Waals surface area contributed by atoms with Crippen LogP contribution in [-0.4, -0.2) is 28.7 Å². The molecule has 3 heterocycles. The lowest BCUT2D eigenvalue weighted by atomic mass is 10.2. The first-order valence-electron chi connectivity index (χ1n) is 11.3. The highest BCUT2D eigenvalue weighted by atomic mass is 35.5. The molecule has 10 heteroatoms. The van der Waals surface area contributed by atoms with Crippen LogP contribution in [0.4, 0.5) is 16.2 Å². The number of carbonyl (C=O) groups is 1. The van der Waals surface area contributed by atoms with E-state index in [4.69, 9.17) is 16.6 Å². The molecular formula is C25H24ClN5O2S2. The Morgan fingerprint density at radius 1 is 1.09 bits per heavy atom. The van der Waals surface area contributed by atoms with Crippen LogP contribution in [0.25, 0.3) is 16.6 Å². The highest BCUT2D eigenvalue weighted by molar-refractivity contribution is 8.24. The minimum absolute atomic E-state index is 0.110. The fraction of sp³-hybridized carbons (Fsp3) is 0.240. The molecule has 2 N–H and O–H groups in total. The van der Waals surface area contributed by atoms with Crippen molar-refractivity contribution in [3.63, 3.8) is 0 Å². The maximum atomic E-state index is 13.3. The number of amides is 2. The molecule has 2 aromatic carbocycles. The van der Waals surface area contributed by atoms with Gasteiger partial charge in [0.2, 0.25) is 0 Å². The molecule has 0 aliphatic carbocycles. The number of nitrogens with one attached hydrogen (secondary N) is 2. The van der Waals surface area contributed by atoms with Crippen LogP contribution in [0.3, 0.4) is 0 Å². The van der Waals surface area contributed by atoms with Crippen molar-refractivity contribution in [1.82, 2.24) is 14.3 Å². The second-order valence-electron chi connectivity index (χ2n) is 8.27. The zero-order valence-corrected chi connectivity index (χ0v) is 21.5. The Morgan fingerprint density at radius 3 is 2.57 bits per heavy atom. The van der Waals surface area contributed by atoms with Crippen molar-refractivity contribution >= 4 is 63.6 Å². The zero-order chi connectivity index (χ0) is 24.4. The van der Waals surface area contributed by atoms with Gasteiger partial charge in [0.1, 0.15) is 5.82 Å². The first kappa shape index (κ1) is 23.8. The number of hydrogen-bond acceptors (Lipinski definition) is 6. The molecule has 1 fully saturated rings. The molecule has 2 aliphatic heterocycles. The van der Waals surface area contributed by atoms with E-state index in [1.807, 2.05) is 37.3 Å². The summed E-state index contributed by atoms with van der Waals surface area (Å²) in [7, 11) is 0. The first-order valence-corrected chi connectivity index (χ1v) is 13.4. The van der Waals surface area contributed by atoms with Gasteiger partial charge in [0.15, 0.2) is 0 Å². The number of thioether (sulfide) groups is 1. The molecule has 0 saturated carbocycles. The number of fused-ring (bicyclic) bond motifs is 1. The maximum Gasteiger partial charge on any atom is 0.329 e. The van der Waals surface area contributed by atoms with Gasteiger partial charge in [-0.2, -0.15) is 0 Å². The molecule has 0 unspecified atom stereocenters. The van der Waals surface area contributed by atoms with Crippen molar-refractivity contribution < 1.29 is 4.79 Å². The van der Waals surface area contributed by atoms with Gasteiger partial charge in [-0.15, -0.1) is 0 Å². The lowest BCUT2D eigenvalue weighted by Gasteiger charge is -2.18. The van der Waals surface area contributed by atoms with Crippen LogP contribution < -0.4 is 20.5 Å². The number of nitrogens with zero attached hydrogens (tertiary/aromatic N) is 3. The third-order valence-electron chi connectivity index (χ3n) is 5.88. The van der Waals surface area contributed by atoms with Crippen LogP contribution in [0.2, 0.25) is 0 Å². The average Bonchev–Trinajstić information content (AvgIpc) is 3.39. The molecule has 0 bridgehead atoms. The summed E-state index contributed by atoms with van der Waals surface area (Å²) in [4.78, 5) is 32.6. The monoisotopic (exact) mass is 525 g/mol. The van der Waals surface area contributed by atoms with Crippen LogP contribution in [0.5, 0.6) is 0 Å². The highest BCUT2D eigenvalue weighted by Gasteiger charge is 2.16. The molecule has 7 nitrogen and oxygen atoms in total. The summed E-state index contributed by atoms with van der Waals surface area (Å²) in [6.07, 6.45) is 7.06. The average molecular weight is 526 g/mol. The number of benzene rings is 2. The van der Waals surface area contributed by atoms with Gasteiger partial charge in [-0.1, -0.05) is 35.5 Å². The molecular weight excluding hydrogens is 502 g/mol. The lowest BCUT2D eigenvalue weighted by molar-refractivity contribution is 0.257. The Kier molecular flexibility index (Phi) is 7.08. The fourth-order valence-corrected chi connectivity index (χ4v) is 6.21. The summed E-state index contributed by atoms with van der Waals surface area (Å²) >= 11 is 8.66. The van der Waals surface area contributed by atoms with E-state index in [1.165, 1.54) is 36.6 Å². The summed E-state index contributed by atoms with van der Waals surface area (Å²) in [5.74, 6) is 0.613. The molecule has 180 valence electrons. The third kappa shape index (κ3) is 5.37. The van der Waals surface area contributed by atoms with Crippen molar-refractivity contribution in [2.75, 3.05) is 23.3 Å². The van der Waals surface area contributed by atoms with Gasteiger partial charge in [0, 0.05) is 24.5 Å². The van der Waals surface area contributed by atoms with Crippen LogP contribution in [0.1, 0.15) is 25.1 Å². The van der Waals surface area contributed by atoms with Gasteiger partial charge in [-0.25, -0.2) is 9.78 Å². The molecule has 5 rings (SSSR count). The molecule has 1 saturated heterocycles. The first-order chi connectivity index (χ1) is 17.0. The third-order valence-corrected chi connectivity index (χ3v) is 8.15. The number of urea groups is 1. The smallest absolute Gasteiger partial charge is 0.329 e. The minimum Gasteiger partial charge on any atom is -0.371 e. The van der Waals surface area contributed by atoms with Gasteiger partial charge < -0.3 is 10.2 Å².